The molecule has 0 fully saturated rings. The number of rotatable bonds is 1. The van der Waals surface area contributed by atoms with Crippen LogP contribution in [0.25, 0.3) is 0 Å². The van der Waals surface area contributed by atoms with Crippen LogP contribution in [-0.4, -0.2) is 7.11 Å². The maximum absolute atomic E-state index is 7.77. The van der Waals surface area contributed by atoms with Gasteiger partial charge in [-0.2, -0.15) is 0 Å². The van der Waals surface area contributed by atoms with Crippen molar-refractivity contribution in [1.29, 1.82) is 0 Å². The molecule has 1 aliphatic carbocycles. The van der Waals surface area contributed by atoms with Crippen LogP contribution in [0.5, 0.6) is 5.75 Å². The fourth-order valence-corrected chi connectivity index (χ4v) is 1.56. The molecule has 11 heavy (non-hydrogen) atoms. The van der Waals surface area contributed by atoms with Gasteiger partial charge < -0.3 is 4.74 Å². The molecule has 0 aliphatic heterocycles. The van der Waals surface area contributed by atoms with Crippen molar-refractivity contribution in [3.8, 4) is 5.75 Å². The SMILES string of the molecule is [2H][C@@H]1c2c(OC)cccc2[C@@H]1C. The molecule has 58 valence electrons. The quantitative estimate of drug-likeness (QED) is 0.595. The van der Waals surface area contributed by atoms with E-state index < -0.39 is 0 Å². The average molecular weight is 149 g/mol. The van der Waals surface area contributed by atoms with Gasteiger partial charge in [0.25, 0.3) is 0 Å². The Bertz CT molecular complexity index is 294. The lowest BCUT2D eigenvalue weighted by molar-refractivity contribution is 0.401. The molecule has 1 aliphatic rings. The number of methoxy groups -OCH3 is 1. The van der Waals surface area contributed by atoms with E-state index >= 15 is 0 Å². The Hall–Kier alpha value is -0.980. The van der Waals surface area contributed by atoms with Crippen LogP contribution in [0, 0.1) is 0 Å². The molecular formula is C10H12O. The highest BCUT2D eigenvalue weighted by molar-refractivity contribution is 5.48. The van der Waals surface area contributed by atoms with Gasteiger partial charge in [0.15, 0.2) is 0 Å². The van der Waals surface area contributed by atoms with E-state index in [2.05, 4.69) is 13.0 Å². The number of hydrogen-bond acceptors (Lipinski definition) is 1. The highest BCUT2D eigenvalue weighted by Gasteiger charge is 2.24. The zero-order chi connectivity index (χ0) is 8.72. The molecule has 1 heteroatoms. The molecule has 0 N–H and O–H groups in total. The van der Waals surface area contributed by atoms with Crippen LogP contribution in [0.1, 0.15) is 25.3 Å². The van der Waals surface area contributed by atoms with Crippen molar-refractivity contribution < 1.29 is 6.11 Å². The monoisotopic (exact) mass is 149 g/mol. The number of fused-ring (bicyclic) bond motifs is 1. The van der Waals surface area contributed by atoms with Crippen molar-refractivity contribution in [2.45, 2.75) is 19.2 Å². The lowest BCUT2D eigenvalue weighted by Crippen LogP contribution is -2.14. The second-order valence-electron chi connectivity index (χ2n) is 2.92. The summed E-state index contributed by atoms with van der Waals surface area (Å²) < 4.78 is 12.9. The highest BCUT2D eigenvalue weighted by Crippen LogP contribution is 2.39. The molecule has 0 unspecified atom stereocenters. The van der Waals surface area contributed by atoms with Crippen LogP contribution in [0.15, 0.2) is 18.2 Å². The van der Waals surface area contributed by atoms with E-state index in [9.17, 15) is 0 Å². The third kappa shape index (κ3) is 0.839. The zero-order valence-corrected chi connectivity index (χ0v) is 6.79. The van der Waals surface area contributed by atoms with E-state index in [1.54, 1.807) is 7.11 Å². The second kappa shape index (κ2) is 2.26. The van der Waals surface area contributed by atoms with Crippen LogP contribution in [0.3, 0.4) is 0 Å². The van der Waals surface area contributed by atoms with Gasteiger partial charge in [-0.05, 0) is 29.5 Å². The molecular weight excluding hydrogens is 136 g/mol. The van der Waals surface area contributed by atoms with Crippen molar-refractivity contribution in [3.05, 3.63) is 29.3 Å². The maximum atomic E-state index is 7.77. The number of benzene rings is 1. The summed E-state index contributed by atoms with van der Waals surface area (Å²) in [6.07, 6.45) is -0.0869. The van der Waals surface area contributed by atoms with E-state index in [0.29, 0.717) is 5.92 Å². The molecule has 0 spiro atoms. The minimum atomic E-state index is -0.0869. The molecule has 0 amide bonds. The summed E-state index contributed by atoms with van der Waals surface area (Å²) >= 11 is 0. The van der Waals surface area contributed by atoms with E-state index in [-0.39, 0.29) is 6.40 Å². The molecule has 1 aromatic carbocycles. The van der Waals surface area contributed by atoms with Crippen molar-refractivity contribution in [2.75, 3.05) is 7.11 Å². The Morgan fingerprint density at radius 3 is 3.18 bits per heavy atom. The van der Waals surface area contributed by atoms with Gasteiger partial charge in [0.2, 0.25) is 0 Å². The fraction of sp³-hybridized carbons (Fsp3) is 0.400. The summed E-state index contributed by atoms with van der Waals surface area (Å²) in [7, 11) is 1.66. The molecule has 0 radical (unpaired) electrons. The van der Waals surface area contributed by atoms with E-state index in [1.807, 2.05) is 12.1 Å². The van der Waals surface area contributed by atoms with Gasteiger partial charge >= 0.3 is 0 Å². The first kappa shape index (κ1) is 5.64. The Morgan fingerprint density at radius 1 is 1.64 bits per heavy atom. The largest absolute Gasteiger partial charge is 0.496 e. The minimum Gasteiger partial charge on any atom is -0.496 e. The van der Waals surface area contributed by atoms with E-state index in [0.717, 1.165) is 11.3 Å². The van der Waals surface area contributed by atoms with Gasteiger partial charge in [0.1, 0.15) is 5.75 Å². The molecule has 1 aromatic rings. The average Bonchev–Trinajstić information content (AvgIpc) is 2.15. The summed E-state index contributed by atoms with van der Waals surface area (Å²) in [4.78, 5) is 0. The molecule has 0 heterocycles. The smallest absolute Gasteiger partial charge is 0.122 e. The van der Waals surface area contributed by atoms with Crippen molar-refractivity contribution in [3.63, 3.8) is 0 Å². The molecule has 0 aromatic heterocycles. The molecule has 1 nitrogen and oxygen atoms in total. The summed E-state index contributed by atoms with van der Waals surface area (Å²) in [6, 6.07) is 5.99. The first-order valence-electron chi connectivity index (χ1n) is 4.42. The maximum Gasteiger partial charge on any atom is 0.122 e. The Kier molecular flexibility index (Phi) is 1.16. The first-order chi connectivity index (χ1) is 5.75. The van der Waals surface area contributed by atoms with Gasteiger partial charge in [0, 0.05) is 1.37 Å². The number of hydrogen-bond donors (Lipinski definition) is 0. The summed E-state index contributed by atoms with van der Waals surface area (Å²) in [5.74, 6) is 1.24. The molecule has 0 saturated carbocycles. The van der Waals surface area contributed by atoms with Gasteiger partial charge in [-0.3, -0.25) is 0 Å². The topological polar surface area (TPSA) is 9.23 Å². The summed E-state index contributed by atoms with van der Waals surface area (Å²) in [5.41, 5.74) is 2.35. The van der Waals surface area contributed by atoms with Crippen LogP contribution < -0.4 is 4.74 Å². The van der Waals surface area contributed by atoms with E-state index in [1.165, 1.54) is 5.56 Å². The van der Waals surface area contributed by atoms with Gasteiger partial charge in [0.05, 0.1) is 7.11 Å². The Labute approximate surface area is 68.4 Å². The fourth-order valence-electron chi connectivity index (χ4n) is 1.56. The number of ether oxygens (including phenoxy) is 1. The Morgan fingerprint density at radius 2 is 2.45 bits per heavy atom. The predicted octanol–water partition coefficient (Wildman–Crippen LogP) is 2.35. The normalized spacial score (nSPS) is 28.4. The third-order valence-corrected chi connectivity index (χ3v) is 2.23. The molecule has 0 saturated heterocycles. The van der Waals surface area contributed by atoms with Gasteiger partial charge in [-0.25, -0.2) is 0 Å². The van der Waals surface area contributed by atoms with Gasteiger partial charge in [-0.15, -0.1) is 0 Å². The Balaban J connectivity index is 2.51. The van der Waals surface area contributed by atoms with Crippen LogP contribution in [-0.2, 0) is 6.40 Å². The van der Waals surface area contributed by atoms with Crippen LogP contribution >= 0.6 is 0 Å². The van der Waals surface area contributed by atoms with Crippen molar-refractivity contribution in [1.82, 2.24) is 0 Å². The zero-order valence-electron chi connectivity index (χ0n) is 7.79. The lowest BCUT2D eigenvalue weighted by atomic mass is 9.78. The second-order valence-corrected chi connectivity index (χ2v) is 2.92. The summed E-state index contributed by atoms with van der Waals surface area (Å²) in [5, 5.41) is 0. The van der Waals surface area contributed by atoms with Crippen LogP contribution in [0.4, 0.5) is 0 Å². The molecule has 0 bridgehead atoms. The van der Waals surface area contributed by atoms with Crippen molar-refractivity contribution >= 4 is 0 Å². The standard InChI is InChI=1S/C10H12O/c1-7-6-9-8(7)4-3-5-10(9)11-2/h3-5,7H,6H2,1-2H3/t7-/m1/s1/i6D/t6-,7+/m0. The third-order valence-electron chi connectivity index (χ3n) is 2.23. The van der Waals surface area contributed by atoms with E-state index in [4.69, 9.17) is 6.11 Å². The summed E-state index contributed by atoms with van der Waals surface area (Å²) in [6.45, 7) is 2.08. The highest BCUT2D eigenvalue weighted by atomic mass is 16.5. The predicted molar refractivity (Wildman–Crippen MR) is 45.1 cm³/mol. The van der Waals surface area contributed by atoms with Gasteiger partial charge in [-0.1, -0.05) is 19.1 Å². The van der Waals surface area contributed by atoms with Crippen LogP contribution in [0.2, 0.25) is 0 Å². The van der Waals surface area contributed by atoms with Crippen molar-refractivity contribution in [2.24, 2.45) is 0 Å². The lowest BCUT2D eigenvalue weighted by Gasteiger charge is -2.28. The molecule has 2 atom stereocenters. The minimum absolute atomic E-state index is 0.0869. The molecule has 2 rings (SSSR count). The first-order valence-corrected chi connectivity index (χ1v) is 3.84.